The molecule has 2 unspecified atom stereocenters. The lowest BCUT2D eigenvalue weighted by Crippen LogP contribution is -2.38. The molecule has 0 spiro atoms. The molecule has 0 heterocycles. The third kappa shape index (κ3) is 4.28. The van der Waals surface area contributed by atoms with Gasteiger partial charge < -0.3 is 15.6 Å². The van der Waals surface area contributed by atoms with Crippen LogP contribution in [0.3, 0.4) is 0 Å². The van der Waals surface area contributed by atoms with Crippen molar-refractivity contribution in [2.24, 2.45) is 5.73 Å². The van der Waals surface area contributed by atoms with Crippen LogP contribution in [0.2, 0.25) is 0 Å². The quantitative estimate of drug-likeness (QED) is 0.832. The molecule has 0 amide bonds. The highest BCUT2D eigenvalue weighted by Gasteiger charge is 2.23. The fourth-order valence-corrected chi connectivity index (χ4v) is 1.53. The molecular formula is C12H17F2NO2. The van der Waals surface area contributed by atoms with E-state index in [1.165, 1.54) is 0 Å². The number of hydrogen-bond donors (Lipinski definition) is 2. The zero-order valence-corrected chi connectivity index (χ0v) is 9.91. The van der Waals surface area contributed by atoms with Gasteiger partial charge in [-0.1, -0.05) is 0 Å². The molecule has 3 N–H and O–H groups in total. The molecule has 0 aliphatic carbocycles. The fraction of sp³-hybridized carbons (Fsp3) is 0.500. The van der Waals surface area contributed by atoms with E-state index in [0.29, 0.717) is 0 Å². The van der Waals surface area contributed by atoms with Crippen molar-refractivity contribution < 1.29 is 18.6 Å². The Bertz CT molecular complexity index is 383. The summed E-state index contributed by atoms with van der Waals surface area (Å²) in [5.74, 6) is -1.37. The monoisotopic (exact) mass is 245 g/mol. The van der Waals surface area contributed by atoms with E-state index in [9.17, 15) is 13.9 Å². The zero-order valence-electron chi connectivity index (χ0n) is 9.91. The van der Waals surface area contributed by atoms with Gasteiger partial charge in [0.1, 0.15) is 5.82 Å². The Morgan fingerprint density at radius 1 is 1.47 bits per heavy atom. The zero-order chi connectivity index (χ0) is 13.1. The van der Waals surface area contributed by atoms with Crippen molar-refractivity contribution in [3.63, 3.8) is 0 Å². The molecule has 1 rings (SSSR count). The van der Waals surface area contributed by atoms with E-state index in [1.807, 2.05) is 0 Å². The molecular weight excluding hydrogens is 228 g/mol. The van der Waals surface area contributed by atoms with E-state index in [0.717, 1.165) is 18.2 Å². The van der Waals surface area contributed by atoms with E-state index in [1.54, 1.807) is 13.8 Å². The lowest BCUT2D eigenvalue weighted by molar-refractivity contribution is 0.0227. The highest BCUT2D eigenvalue weighted by atomic mass is 19.1. The van der Waals surface area contributed by atoms with Crippen LogP contribution in [0.5, 0.6) is 5.75 Å². The van der Waals surface area contributed by atoms with Crippen LogP contribution in [0.25, 0.3) is 0 Å². The lowest BCUT2D eigenvalue weighted by atomic mass is 9.99. The van der Waals surface area contributed by atoms with E-state index >= 15 is 0 Å². The van der Waals surface area contributed by atoms with E-state index in [2.05, 4.69) is 0 Å². The molecule has 0 saturated carbocycles. The average molecular weight is 245 g/mol. The molecule has 1 aromatic rings. The number of hydrogen-bond acceptors (Lipinski definition) is 3. The van der Waals surface area contributed by atoms with Crippen molar-refractivity contribution in [3.05, 3.63) is 29.8 Å². The summed E-state index contributed by atoms with van der Waals surface area (Å²) in [6.45, 7) is 3.30. The first-order valence-electron chi connectivity index (χ1n) is 5.38. The first kappa shape index (κ1) is 13.9. The van der Waals surface area contributed by atoms with Gasteiger partial charge in [0.2, 0.25) is 0 Å². The second-order valence-electron chi connectivity index (χ2n) is 4.41. The minimum absolute atomic E-state index is 0.0757. The molecule has 0 radical (unpaired) electrons. The molecule has 0 saturated heterocycles. The van der Waals surface area contributed by atoms with Gasteiger partial charge >= 0.3 is 0 Å². The summed E-state index contributed by atoms with van der Waals surface area (Å²) in [5.41, 5.74) is 4.28. The van der Waals surface area contributed by atoms with Gasteiger partial charge in [-0.15, -0.1) is 0 Å². The van der Waals surface area contributed by atoms with Crippen LogP contribution in [0.4, 0.5) is 8.78 Å². The molecule has 1 aromatic carbocycles. The van der Waals surface area contributed by atoms with Crippen molar-refractivity contribution in [1.82, 2.24) is 0 Å². The highest BCUT2D eigenvalue weighted by Crippen LogP contribution is 2.22. The predicted molar refractivity (Wildman–Crippen MR) is 60.7 cm³/mol. The summed E-state index contributed by atoms with van der Waals surface area (Å²) in [6, 6.07) is 2.99. The third-order valence-electron chi connectivity index (χ3n) is 2.39. The molecule has 0 fully saturated rings. The van der Waals surface area contributed by atoms with Crippen LogP contribution in [0, 0.1) is 11.6 Å². The summed E-state index contributed by atoms with van der Waals surface area (Å²) in [5, 5.41) is 9.72. The Morgan fingerprint density at radius 2 is 2.12 bits per heavy atom. The van der Waals surface area contributed by atoms with Crippen LogP contribution < -0.4 is 10.5 Å². The number of nitrogens with two attached hydrogens (primary N) is 1. The minimum Gasteiger partial charge on any atom is -0.487 e. The Morgan fingerprint density at radius 3 is 2.71 bits per heavy atom. The fourth-order valence-electron chi connectivity index (χ4n) is 1.53. The largest absolute Gasteiger partial charge is 0.487 e. The van der Waals surface area contributed by atoms with Gasteiger partial charge in [-0.3, -0.25) is 0 Å². The average Bonchev–Trinajstić information content (AvgIpc) is 2.23. The second-order valence-corrected chi connectivity index (χ2v) is 4.41. The second kappa shape index (κ2) is 5.42. The molecule has 0 bridgehead atoms. The standard InChI is InChI=1S/C12H17F2NO2/c1-8(6-12(2,16)7-15)17-11-5-9(13)3-4-10(11)14/h3-5,8,16H,6-7,15H2,1-2H3. The van der Waals surface area contributed by atoms with Gasteiger partial charge in [-0.05, 0) is 26.0 Å². The maximum absolute atomic E-state index is 13.3. The van der Waals surface area contributed by atoms with Gasteiger partial charge in [-0.25, -0.2) is 8.78 Å². The molecule has 5 heteroatoms. The normalized spacial score (nSPS) is 16.4. The van der Waals surface area contributed by atoms with Crippen LogP contribution in [0.15, 0.2) is 18.2 Å². The van der Waals surface area contributed by atoms with Crippen LogP contribution in [0.1, 0.15) is 20.3 Å². The minimum atomic E-state index is -1.08. The highest BCUT2D eigenvalue weighted by molar-refractivity contribution is 5.25. The van der Waals surface area contributed by atoms with E-state index in [-0.39, 0.29) is 18.7 Å². The van der Waals surface area contributed by atoms with Gasteiger partial charge in [-0.2, -0.15) is 0 Å². The summed E-state index contributed by atoms with van der Waals surface area (Å²) in [6.07, 6.45) is -0.232. The predicted octanol–water partition coefficient (Wildman–Crippen LogP) is 1.83. The summed E-state index contributed by atoms with van der Waals surface area (Å²) >= 11 is 0. The van der Waals surface area contributed by atoms with Gasteiger partial charge in [0.25, 0.3) is 0 Å². The van der Waals surface area contributed by atoms with Crippen molar-refractivity contribution >= 4 is 0 Å². The molecule has 0 aliphatic rings. The molecule has 3 nitrogen and oxygen atoms in total. The summed E-state index contributed by atoms with van der Waals surface area (Å²) in [7, 11) is 0. The molecule has 0 aromatic heterocycles. The Balaban J connectivity index is 2.68. The number of halogens is 2. The number of aliphatic hydroxyl groups is 1. The van der Waals surface area contributed by atoms with E-state index in [4.69, 9.17) is 10.5 Å². The first-order chi connectivity index (χ1) is 7.84. The van der Waals surface area contributed by atoms with Crippen LogP contribution >= 0.6 is 0 Å². The number of rotatable bonds is 5. The molecule has 96 valence electrons. The van der Waals surface area contributed by atoms with E-state index < -0.39 is 23.3 Å². The van der Waals surface area contributed by atoms with Crippen molar-refractivity contribution in [2.45, 2.75) is 32.0 Å². The van der Waals surface area contributed by atoms with Crippen molar-refractivity contribution in [3.8, 4) is 5.75 Å². The van der Waals surface area contributed by atoms with Crippen molar-refractivity contribution in [1.29, 1.82) is 0 Å². The van der Waals surface area contributed by atoms with Gasteiger partial charge in [0.05, 0.1) is 11.7 Å². The number of ether oxygens (including phenoxy) is 1. The van der Waals surface area contributed by atoms with Gasteiger partial charge in [0.15, 0.2) is 11.6 Å². The molecule has 0 aliphatic heterocycles. The third-order valence-corrected chi connectivity index (χ3v) is 2.39. The Kier molecular flexibility index (Phi) is 4.42. The van der Waals surface area contributed by atoms with Crippen LogP contribution in [-0.2, 0) is 0 Å². The molecule has 2 atom stereocenters. The van der Waals surface area contributed by atoms with Crippen LogP contribution in [-0.4, -0.2) is 23.4 Å². The van der Waals surface area contributed by atoms with Crippen molar-refractivity contribution in [2.75, 3.05) is 6.54 Å². The molecule has 17 heavy (non-hydrogen) atoms. The Labute approximate surface area is 99.2 Å². The SMILES string of the molecule is CC(CC(C)(O)CN)Oc1cc(F)ccc1F. The van der Waals surface area contributed by atoms with Gasteiger partial charge in [0, 0.05) is 19.0 Å². The first-order valence-corrected chi connectivity index (χ1v) is 5.38. The summed E-state index contributed by atoms with van der Waals surface area (Å²) in [4.78, 5) is 0. The maximum Gasteiger partial charge on any atom is 0.165 e. The lowest BCUT2D eigenvalue weighted by Gasteiger charge is -2.25. The summed E-state index contributed by atoms with van der Waals surface area (Å²) < 4.78 is 31.4. The number of benzene rings is 1. The maximum atomic E-state index is 13.3. The Hall–Kier alpha value is -1.20. The smallest absolute Gasteiger partial charge is 0.165 e. The topological polar surface area (TPSA) is 55.5 Å².